The number of methoxy groups -OCH3 is 1. The molecular weight excluding hydrogens is 316 g/mol. The molecule has 0 spiro atoms. The van der Waals surface area contributed by atoms with E-state index in [1.54, 1.807) is 7.11 Å². The summed E-state index contributed by atoms with van der Waals surface area (Å²) < 4.78 is 5.30. The van der Waals surface area contributed by atoms with Crippen LogP contribution >= 0.6 is 0 Å². The monoisotopic (exact) mass is 344 g/mol. The highest BCUT2D eigenvalue weighted by Gasteiger charge is 2.19. The molecule has 1 heteroatoms. The highest BCUT2D eigenvalue weighted by Crippen LogP contribution is 2.30. The van der Waals surface area contributed by atoms with Gasteiger partial charge in [0.2, 0.25) is 0 Å². The number of rotatable bonds is 3. The van der Waals surface area contributed by atoms with E-state index in [4.69, 9.17) is 4.74 Å². The van der Waals surface area contributed by atoms with Gasteiger partial charge in [-0.2, -0.15) is 0 Å². The van der Waals surface area contributed by atoms with Crippen LogP contribution in [0.3, 0.4) is 0 Å². The van der Waals surface area contributed by atoms with Crippen LogP contribution in [0.4, 0.5) is 0 Å². The largest absolute Gasteiger partial charge is 0.497 e. The molecule has 4 rings (SSSR count). The van der Waals surface area contributed by atoms with Crippen LogP contribution in [-0.4, -0.2) is 7.11 Å². The van der Waals surface area contributed by atoms with Gasteiger partial charge in [-0.3, -0.25) is 0 Å². The zero-order valence-electron chi connectivity index (χ0n) is 15.8. The molecule has 1 aliphatic carbocycles. The Balaban J connectivity index is 0.000000236. The van der Waals surface area contributed by atoms with Crippen LogP contribution < -0.4 is 4.74 Å². The summed E-state index contributed by atoms with van der Waals surface area (Å²) in [5, 5.41) is 0. The van der Waals surface area contributed by atoms with Crippen molar-refractivity contribution in [3.63, 3.8) is 0 Å². The smallest absolute Gasteiger partial charge is 0.119 e. The lowest BCUT2D eigenvalue weighted by Crippen LogP contribution is -2.16. The van der Waals surface area contributed by atoms with E-state index in [0.29, 0.717) is 0 Å². The minimum atomic E-state index is 0.781. The fourth-order valence-electron chi connectivity index (χ4n) is 3.59. The molecule has 0 saturated carbocycles. The molecule has 3 aromatic carbocycles. The Labute approximate surface area is 157 Å². The van der Waals surface area contributed by atoms with Gasteiger partial charge in [-0.15, -0.1) is 0 Å². The van der Waals surface area contributed by atoms with Crippen molar-refractivity contribution in [2.75, 3.05) is 7.11 Å². The SMILES string of the molecule is COc1ccc2c(c1)CCC(Cc1ccccc1)C2.Cc1ccccc1. The number of ether oxygens (including phenoxy) is 1. The Hall–Kier alpha value is -2.54. The topological polar surface area (TPSA) is 9.23 Å². The fourth-order valence-corrected chi connectivity index (χ4v) is 3.59. The Kier molecular flexibility index (Phi) is 6.49. The van der Waals surface area contributed by atoms with Crippen molar-refractivity contribution >= 4 is 0 Å². The van der Waals surface area contributed by atoms with Crippen LogP contribution in [0.2, 0.25) is 0 Å². The summed E-state index contributed by atoms with van der Waals surface area (Å²) in [6.45, 7) is 2.08. The first-order chi connectivity index (χ1) is 12.7. The zero-order chi connectivity index (χ0) is 18.2. The van der Waals surface area contributed by atoms with Crippen LogP contribution in [0.25, 0.3) is 0 Å². The molecule has 0 N–H and O–H groups in total. The van der Waals surface area contributed by atoms with E-state index in [9.17, 15) is 0 Å². The van der Waals surface area contributed by atoms with E-state index in [1.807, 2.05) is 18.2 Å². The van der Waals surface area contributed by atoms with Crippen molar-refractivity contribution < 1.29 is 4.74 Å². The molecule has 1 atom stereocenters. The Morgan fingerprint density at radius 3 is 2.15 bits per heavy atom. The van der Waals surface area contributed by atoms with Crippen LogP contribution in [0.15, 0.2) is 78.9 Å². The van der Waals surface area contributed by atoms with E-state index in [-0.39, 0.29) is 0 Å². The maximum absolute atomic E-state index is 5.30. The Bertz CT molecular complexity index is 793. The zero-order valence-corrected chi connectivity index (χ0v) is 15.8. The van der Waals surface area contributed by atoms with Crippen molar-refractivity contribution in [2.45, 2.75) is 32.6 Å². The van der Waals surface area contributed by atoms with Gasteiger partial charge in [0, 0.05) is 0 Å². The molecule has 1 unspecified atom stereocenters. The normalized spacial score (nSPS) is 15.4. The van der Waals surface area contributed by atoms with Gasteiger partial charge in [0.25, 0.3) is 0 Å². The lowest BCUT2D eigenvalue weighted by Gasteiger charge is -2.25. The highest BCUT2D eigenvalue weighted by atomic mass is 16.5. The molecule has 0 aromatic heterocycles. The van der Waals surface area contributed by atoms with Gasteiger partial charge in [-0.1, -0.05) is 72.3 Å². The first-order valence-corrected chi connectivity index (χ1v) is 9.46. The second-order valence-electron chi connectivity index (χ2n) is 7.09. The third-order valence-corrected chi connectivity index (χ3v) is 5.05. The Morgan fingerprint density at radius 1 is 0.846 bits per heavy atom. The van der Waals surface area contributed by atoms with Gasteiger partial charge >= 0.3 is 0 Å². The summed E-state index contributed by atoms with van der Waals surface area (Å²) in [4.78, 5) is 0. The molecule has 0 amide bonds. The number of fused-ring (bicyclic) bond motifs is 1. The van der Waals surface area contributed by atoms with Crippen LogP contribution in [0.1, 0.15) is 28.7 Å². The van der Waals surface area contributed by atoms with Gasteiger partial charge in [0.1, 0.15) is 5.75 Å². The van der Waals surface area contributed by atoms with Gasteiger partial charge in [0.15, 0.2) is 0 Å². The highest BCUT2D eigenvalue weighted by molar-refractivity contribution is 5.37. The molecule has 0 radical (unpaired) electrons. The molecule has 0 aliphatic heterocycles. The predicted octanol–water partition coefficient (Wildman–Crippen LogP) is 6.04. The van der Waals surface area contributed by atoms with E-state index in [1.165, 1.54) is 47.9 Å². The van der Waals surface area contributed by atoms with Crippen molar-refractivity contribution in [1.29, 1.82) is 0 Å². The maximum Gasteiger partial charge on any atom is 0.119 e. The molecule has 26 heavy (non-hydrogen) atoms. The average Bonchev–Trinajstić information content (AvgIpc) is 2.69. The minimum absolute atomic E-state index is 0.781. The van der Waals surface area contributed by atoms with Crippen molar-refractivity contribution in [3.05, 3.63) is 101 Å². The van der Waals surface area contributed by atoms with E-state index in [0.717, 1.165) is 11.7 Å². The summed E-state index contributed by atoms with van der Waals surface area (Å²) in [5.41, 5.74) is 5.77. The number of hydrogen-bond acceptors (Lipinski definition) is 1. The molecule has 1 aliphatic rings. The van der Waals surface area contributed by atoms with Crippen molar-refractivity contribution in [2.24, 2.45) is 5.92 Å². The van der Waals surface area contributed by atoms with Gasteiger partial charge in [-0.05, 0) is 67.3 Å². The minimum Gasteiger partial charge on any atom is -0.497 e. The summed E-state index contributed by atoms with van der Waals surface area (Å²) in [5.74, 6) is 1.77. The third-order valence-electron chi connectivity index (χ3n) is 5.05. The molecule has 1 nitrogen and oxygen atoms in total. The molecule has 0 bridgehead atoms. The lowest BCUT2D eigenvalue weighted by atomic mass is 9.81. The molecule has 134 valence electrons. The van der Waals surface area contributed by atoms with Crippen molar-refractivity contribution in [3.8, 4) is 5.75 Å². The summed E-state index contributed by atoms with van der Waals surface area (Å²) in [7, 11) is 1.74. The molecule has 0 heterocycles. The number of aryl methyl sites for hydroxylation is 2. The predicted molar refractivity (Wildman–Crippen MR) is 110 cm³/mol. The lowest BCUT2D eigenvalue weighted by molar-refractivity contribution is 0.410. The summed E-state index contributed by atoms with van der Waals surface area (Å²) in [6, 6.07) is 27.6. The summed E-state index contributed by atoms with van der Waals surface area (Å²) >= 11 is 0. The molecule has 3 aromatic rings. The van der Waals surface area contributed by atoms with Gasteiger partial charge in [0.05, 0.1) is 7.11 Å². The second-order valence-corrected chi connectivity index (χ2v) is 7.09. The van der Waals surface area contributed by atoms with Crippen molar-refractivity contribution in [1.82, 2.24) is 0 Å². The van der Waals surface area contributed by atoms with Gasteiger partial charge < -0.3 is 4.74 Å². The molecular formula is C25H28O. The summed E-state index contributed by atoms with van der Waals surface area (Å²) in [6.07, 6.45) is 4.87. The maximum atomic E-state index is 5.30. The molecule has 0 fully saturated rings. The molecule has 0 saturated heterocycles. The van der Waals surface area contributed by atoms with Crippen LogP contribution in [0.5, 0.6) is 5.75 Å². The third kappa shape index (κ3) is 5.23. The quantitative estimate of drug-likeness (QED) is 0.563. The first kappa shape index (κ1) is 18.3. The van der Waals surface area contributed by atoms with Crippen LogP contribution in [0, 0.1) is 12.8 Å². The van der Waals surface area contributed by atoms with Crippen LogP contribution in [-0.2, 0) is 19.3 Å². The average molecular weight is 344 g/mol. The first-order valence-electron chi connectivity index (χ1n) is 9.46. The van der Waals surface area contributed by atoms with E-state index in [2.05, 4.69) is 67.6 Å². The second kappa shape index (κ2) is 9.24. The van der Waals surface area contributed by atoms with Gasteiger partial charge in [-0.25, -0.2) is 0 Å². The van der Waals surface area contributed by atoms with E-state index < -0.39 is 0 Å². The fraction of sp³-hybridized carbons (Fsp3) is 0.280. The Morgan fingerprint density at radius 2 is 1.54 bits per heavy atom. The number of benzene rings is 3. The van der Waals surface area contributed by atoms with E-state index >= 15 is 0 Å². The number of hydrogen-bond donors (Lipinski definition) is 0. The standard InChI is InChI=1S/C18H20O.C7H8/c1-19-18-10-9-16-12-15(7-8-17(16)13-18)11-14-5-3-2-4-6-14;1-7-5-3-2-4-6-7/h2-6,9-10,13,15H,7-8,11-12H2,1H3;2-6H,1H3.